The van der Waals surface area contributed by atoms with E-state index in [9.17, 15) is 0 Å². The van der Waals surface area contributed by atoms with E-state index in [-0.39, 0.29) is 10.5 Å². The summed E-state index contributed by atoms with van der Waals surface area (Å²) < 4.78 is 5.91. The van der Waals surface area contributed by atoms with Gasteiger partial charge in [-0.25, -0.2) is 3.63 Å². The fourth-order valence-electron chi connectivity index (χ4n) is 2.22. The minimum absolute atomic E-state index is 0.265. The Morgan fingerprint density at radius 2 is 1.13 bits per heavy atom. The summed E-state index contributed by atoms with van der Waals surface area (Å²) in [4.78, 5) is 0. The highest BCUT2D eigenvalue weighted by Gasteiger charge is 2.15. The van der Waals surface area contributed by atoms with Crippen LogP contribution in [-0.2, 0) is 3.63 Å². The van der Waals surface area contributed by atoms with Crippen molar-refractivity contribution in [3.8, 4) is 0 Å². The van der Waals surface area contributed by atoms with Gasteiger partial charge in [0.15, 0.2) is 0 Å². The second kappa shape index (κ2) is 10.4. The van der Waals surface area contributed by atoms with Crippen LogP contribution in [0, 0.1) is 0 Å². The SMILES string of the molecule is C=CCC(SOSC(CC=C)c1ccccc1)c1ccccc1. The Morgan fingerprint density at radius 3 is 1.48 bits per heavy atom. The Balaban J connectivity index is 1.94. The molecular weight excluding hydrogens is 320 g/mol. The predicted octanol–water partition coefficient (Wildman–Crippen LogP) is 6.93. The van der Waals surface area contributed by atoms with Gasteiger partial charge in [0, 0.05) is 24.1 Å². The lowest BCUT2D eigenvalue weighted by Gasteiger charge is -2.17. The third-order valence-electron chi connectivity index (χ3n) is 3.42. The molecule has 0 amide bonds. The summed E-state index contributed by atoms with van der Waals surface area (Å²) in [7, 11) is 0. The molecule has 0 aliphatic rings. The molecule has 0 aromatic heterocycles. The van der Waals surface area contributed by atoms with E-state index in [1.54, 1.807) is 0 Å². The summed E-state index contributed by atoms with van der Waals surface area (Å²) in [5, 5.41) is 0.530. The first-order valence-corrected chi connectivity index (χ1v) is 9.26. The van der Waals surface area contributed by atoms with E-state index >= 15 is 0 Å². The molecule has 0 fully saturated rings. The minimum atomic E-state index is 0.265. The molecule has 0 heterocycles. The molecule has 2 aromatic rings. The standard InChI is InChI=1S/C20H22OS2/c1-3-11-19(17-13-7-5-8-14-17)22-21-23-20(12-4-2)18-15-9-6-10-16-18/h3-10,13-16,19-20H,1-2,11-12H2. The minimum Gasteiger partial charge on any atom is -0.246 e. The van der Waals surface area contributed by atoms with Crippen LogP contribution in [-0.4, -0.2) is 0 Å². The molecule has 0 radical (unpaired) electrons. The van der Waals surface area contributed by atoms with Crippen molar-refractivity contribution in [3.05, 3.63) is 97.1 Å². The second-order valence-electron chi connectivity index (χ2n) is 5.11. The van der Waals surface area contributed by atoms with Gasteiger partial charge in [-0.1, -0.05) is 72.8 Å². The molecule has 0 bridgehead atoms. The lowest BCUT2D eigenvalue weighted by atomic mass is 10.1. The number of hydrogen-bond donors (Lipinski definition) is 0. The van der Waals surface area contributed by atoms with Crippen LogP contribution in [0.25, 0.3) is 0 Å². The number of benzene rings is 2. The normalized spacial score (nSPS) is 13.2. The van der Waals surface area contributed by atoms with Crippen molar-refractivity contribution in [1.82, 2.24) is 0 Å². The molecule has 2 rings (SSSR count). The number of hydrogen-bond acceptors (Lipinski definition) is 3. The lowest BCUT2D eigenvalue weighted by Crippen LogP contribution is -1.95. The first-order chi connectivity index (χ1) is 11.3. The van der Waals surface area contributed by atoms with Crippen LogP contribution in [0.5, 0.6) is 0 Å². The van der Waals surface area contributed by atoms with Crippen LogP contribution in [0.3, 0.4) is 0 Å². The van der Waals surface area contributed by atoms with Crippen molar-refractivity contribution in [2.45, 2.75) is 23.3 Å². The monoisotopic (exact) mass is 342 g/mol. The Hall–Kier alpha value is -1.42. The summed E-state index contributed by atoms with van der Waals surface area (Å²) in [5.74, 6) is 0. The first kappa shape index (κ1) is 17.9. The van der Waals surface area contributed by atoms with Crippen molar-refractivity contribution in [2.75, 3.05) is 0 Å². The van der Waals surface area contributed by atoms with Gasteiger partial charge in [-0.15, -0.1) is 13.2 Å². The van der Waals surface area contributed by atoms with Gasteiger partial charge in [-0.3, -0.25) is 0 Å². The van der Waals surface area contributed by atoms with E-state index in [4.69, 9.17) is 3.63 Å². The summed E-state index contributed by atoms with van der Waals surface area (Å²) in [6.45, 7) is 7.71. The van der Waals surface area contributed by atoms with Crippen molar-refractivity contribution in [3.63, 3.8) is 0 Å². The van der Waals surface area contributed by atoms with Crippen LogP contribution in [0.2, 0.25) is 0 Å². The summed E-state index contributed by atoms with van der Waals surface area (Å²) in [6, 6.07) is 20.8. The topological polar surface area (TPSA) is 9.23 Å². The molecule has 1 nitrogen and oxygen atoms in total. The third kappa shape index (κ3) is 5.94. The third-order valence-corrected chi connectivity index (χ3v) is 5.44. The van der Waals surface area contributed by atoms with Crippen LogP contribution in [0.15, 0.2) is 86.0 Å². The zero-order chi connectivity index (χ0) is 16.3. The summed E-state index contributed by atoms with van der Waals surface area (Å²) in [5.41, 5.74) is 2.52. The largest absolute Gasteiger partial charge is 0.246 e. The van der Waals surface area contributed by atoms with Gasteiger partial charge in [0.25, 0.3) is 0 Å². The maximum Gasteiger partial charge on any atom is 0.0607 e. The molecule has 2 unspecified atom stereocenters. The Kier molecular flexibility index (Phi) is 8.08. The quantitative estimate of drug-likeness (QED) is 0.342. The Morgan fingerprint density at radius 1 is 0.739 bits per heavy atom. The smallest absolute Gasteiger partial charge is 0.0607 e. The molecular formula is C20H22OS2. The lowest BCUT2D eigenvalue weighted by molar-refractivity contribution is 0.718. The van der Waals surface area contributed by atoms with E-state index in [0.717, 1.165) is 12.8 Å². The molecule has 23 heavy (non-hydrogen) atoms. The van der Waals surface area contributed by atoms with Crippen LogP contribution in [0.1, 0.15) is 34.5 Å². The zero-order valence-electron chi connectivity index (χ0n) is 13.1. The van der Waals surface area contributed by atoms with Gasteiger partial charge in [0.05, 0.1) is 10.5 Å². The van der Waals surface area contributed by atoms with Gasteiger partial charge in [0.2, 0.25) is 0 Å². The average Bonchev–Trinajstić information content (AvgIpc) is 2.61. The molecule has 0 saturated carbocycles. The van der Waals surface area contributed by atoms with E-state index in [1.165, 1.54) is 35.2 Å². The van der Waals surface area contributed by atoms with E-state index in [2.05, 4.69) is 61.7 Å². The average molecular weight is 343 g/mol. The van der Waals surface area contributed by atoms with Gasteiger partial charge < -0.3 is 0 Å². The summed E-state index contributed by atoms with van der Waals surface area (Å²) in [6.07, 6.45) is 5.65. The molecule has 0 saturated heterocycles. The van der Waals surface area contributed by atoms with Crippen LogP contribution >= 0.6 is 24.1 Å². The Labute approximate surface area is 148 Å². The van der Waals surface area contributed by atoms with Gasteiger partial charge in [-0.2, -0.15) is 0 Å². The van der Waals surface area contributed by atoms with Crippen molar-refractivity contribution >= 4 is 24.1 Å². The van der Waals surface area contributed by atoms with Crippen molar-refractivity contribution in [1.29, 1.82) is 0 Å². The number of allylic oxidation sites excluding steroid dienone is 2. The molecule has 2 aromatic carbocycles. The molecule has 2 atom stereocenters. The highest BCUT2D eigenvalue weighted by atomic mass is 32.2. The molecule has 0 aliphatic carbocycles. The zero-order valence-corrected chi connectivity index (χ0v) is 14.8. The van der Waals surface area contributed by atoms with Crippen molar-refractivity contribution < 1.29 is 3.63 Å². The predicted molar refractivity (Wildman–Crippen MR) is 104 cm³/mol. The molecule has 0 spiro atoms. The highest BCUT2D eigenvalue weighted by Crippen LogP contribution is 2.41. The Bertz CT molecular complexity index is 530. The molecule has 120 valence electrons. The maximum absolute atomic E-state index is 5.91. The second-order valence-corrected chi connectivity index (χ2v) is 7.18. The van der Waals surface area contributed by atoms with Crippen LogP contribution in [0.4, 0.5) is 0 Å². The van der Waals surface area contributed by atoms with E-state index in [1.807, 2.05) is 24.3 Å². The fraction of sp³-hybridized carbons (Fsp3) is 0.200. The number of rotatable bonds is 10. The fourth-order valence-corrected chi connectivity index (χ4v) is 4.12. The van der Waals surface area contributed by atoms with Crippen molar-refractivity contribution in [2.24, 2.45) is 0 Å². The van der Waals surface area contributed by atoms with E-state index < -0.39 is 0 Å². The van der Waals surface area contributed by atoms with E-state index in [0.29, 0.717) is 0 Å². The van der Waals surface area contributed by atoms with Gasteiger partial charge in [0.1, 0.15) is 0 Å². The van der Waals surface area contributed by atoms with Crippen LogP contribution < -0.4 is 0 Å². The highest BCUT2D eigenvalue weighted by molar-refractivity contribution is 8.08. The summed E-state index contributed by atoms with van der Waals surface area (Å²) >= 11 is 3.01. The maximum atomic E-state index is 5.91. The molecule has 0 aliphatic heterocycles. The molecule has 0 N–H and O–H groups in total. The first-order valence-electron chi connectivity index (χ1n) is 7.65. The van der Waals surface area contributed by atoms with Gasteiger partial charge >= 0.3 is 0 Å². The van der Waals surface area contributed by atoms with Gasteiger partial charge in [-0.05, 0) is 24.0 Å². The molecule has 3 heteroatoms.